The zero-order valence-corrected chi connectivity index (χ0v) is 14.6. The number of carbonyl (C=O) groups is 1. The molecule has 1 saturated heterocycles. The third-order valence-corrected chi connectivity index (χ3v) is 5.48. The van der Waals surface area contributed by atoms with Crippen molar-refractivity contribution in [2.75, 3.05) is 19.6 Å². The van der Waals surface area contributed by atoms with E-state index in [1.54, 1.807) is 11.3 Å². The second-order valence-electron chi connectivity index (χ2n) is 6.29. The van der Waals surface area contributed by atoms with E-state index >= 15 is 0 Å². The highest BCUT2D eigenvalue weighted by Crippen LogP contribution is 2.26. The van der Waals surface area contributed by atoms with Crippen molar-refractivity contribution in [2.45, 2.75) is 32.1 Å². The van der Waals surface area contributed by atoms with E-state index in [-0.39, 0.29) is 11.9 Å². The molecule has 1 aliphatic rings. The van der Waals surface area contributed by atoms with Crippen LogP contribution in [0, 0.1) is 6.92 Å². The van der Waals surface area contributed by atoms with Crippen LogP contribution >= 0.6 is 11.3 Å². The third kappa shape index (κ3) is 3.72. The van der Waals surface area contributed by atoms with E-state index in [0.717, 1.165) is 30.2 Å². The van der Waals surface area contributed by atoms with Crippen molar-refractivity contribution in [1.82, 2.24) is 25.0 Å². The number of nitrogens with one attached hydrogen (secondary N) is 1. The van der Waals surface area contributed by atoms with Crippen molar-refractivity contribution >= 4 is 17.4 Å². The Labute approximate surface area is 140 Å². The van der Waals surface area contributed by atoms with Crippen LogP contribution in [0.5, 0.6) is 0 Å². The number of rotatable bonds is 4. The van der Waals surface area contributed by atoms with E-state index in [4.69, 9.17) is 0 Å². The first-order valence-corrected chi connectivity index (χ1v) is 8.84. The summed E-state index contributed by atoms with van der Waals surface area (Å²) in [5, 5.41) is 10.4. The molecule has 1 N–H and O–H groups in total. The highest BCUT2D eigenvalue weighted by Gasteiger charge is 2.28. The van der Waals surface area contributed by atoms with E-state index in [2.05, 4.69) is 22.3 Å². The van der Waals surface area contributed by atoms with Crippen LogP contribution in [0.2, 0.25) is 0 Å². The van der Waals surface area contributed by atoms with Gasteiger partial charge in [0.2, 0.25) is 0 Å². The monoisotopic (exact) mass is 333 g/mol. The summed E-state index contributed by atoms with van der Waals surface area (Å²) in [6.45, 7) is 6.29. The summed E-state index contributed by atoms with van der Waals surface area (Å²) < 4.78 is 1.82. The molecule has 0 spiro atoms. The lowest BCUT2D eigenvalue weighted by Gasteiger charge is -2.18. The van der Waals surface area contributed by atoms with Crippen LogP contribution in [0.25, 0.3) is 0 Å². The van der Waals surface area contributed by atoms with Crippen molar-refractivity contribution in [3.8, 4) is 0 Å². The predicted molar refractivity (Wildman–Crippen MR) is 90.8 cm³/mol. The number of aryl methyl sites for hydroxylation is 2. The molecule has 6 nitrogen and oxygen atoms in total. The van der Waals surface area contributed by atoms with E-state index < -0.39 is 0 Å². The molecule has 2 amide bonds. The smallest absolute Gasteiger partial charge is 0.317 e. The summed E-state index contributed by atoms with van der Waals surface area (Å²) in [6, 6.07) is 0.0246. The number of nitrogens with zero attached hydrogens (tertiary/aromatic N) is 4. The molecule has 0 bridgehead atoms. The number of hydrogen-bond donors (Lipinski definition) is 1. The molecule has 124 valence electrons. The quantitative estimate of drug-likeness (QED) is 0.935. The van der Waals surface area contributed by atoms with Crippen molar-refractivity contribution in [3.05, 3.63) is 34.0 Å². The highest BCUT2D eigenvalue weighted by atomic mass is 32.1. The number of aromatic nitrogens is 3. The van der Waals surface area contributed by atoms with Gasteiger partial charge in [0.05, 0.1) is 11.2 Å². The molecule has 2 unspecified atom stereocenters. The number of hydrogen-bond acceptors (Lipinski definition) is 4. The van der Waals surface area contributed by atoms with E-state index in [0.29, 0.717) is 12.5 Å². The van der Waals surface area contributed by atoms with Crippen molar-refractivity contribution < 1.29 is 4.79 Å². The number of amides is 2. The van der Waals surface area contributed by atoms with Crippen LogP contribution in [0.1, 0.15) is 41.4 Å². The molecular formula is C16H23N5OS. The molecule has 3 rings (SSSR count). The Bertz CT molecular complexity index is 680. The fourth-order valence-electron chi connectivity index (χ4n) is 2.91. The van der Waals surface area contributed by atoms with Crippen LogP contribution in [0.4, 0.5) is 4.79 Å². The number of urea groups is 1. The lowest BCUT2D eigenvalue weighted by Crippen LogP contribution is -2.39. The molecule has 2 atom stereocenters. The average Bonchev–Trinajstić information content (AvgIpc) is 3.24. The van der Waals surface area contributed by atoms with Gasteiger partial charge in [0.1, 0.15) is 0 Å². The summed E-state index contributed by atoms with van der Waals surface area (Å²) in [5.74, 6) is 0.642. The topological polar surface area (TPSA) is 63.1 Å². The molecule has 0 radical (unpaired) electrons. The van der Waals surface area contributed by atoms with Gasteiger partial charge in [0, 0.05) is 55.8 Å². The van der Waals surface area contributed by atoms with Crippen molar-refractivity contribution in [1.29, 1.82) is 0 Å². The van der Waals surface area contributed by atoms with Gasteiger partial charge in [0.25, 0.3) is 0 Å². The highest BCUT2D eigenvalue weighted by molar-refractivity contribution is 7.09. The molecule has 2 aromatic heterocycles. The Hall–Kier alpha value is -1.89. The van der Waals surface area contributed by atoms with Gasteiger partial charge in [-0.15, -0.1) is 11.3 Å². The molecule has 0 aromatic carbocycles. The third-order valence-electron chi connectivity index (χ3n) is 4.29. The Morgan fingerprint density at radius 2 is 2.39 bits per heavy atom. The molecule has 0 aliphatic carbocycles. The van der Waals surface area contributed by atoms with Crippen LogP contribution in [-0.2, 0) is 7.05 Å². The zero-order chi connectivity index (χ0) is 16.4. The lowest BCUT2D eigenvalue weighted by molar-refractivity contribution is 0.207. The second-order valence-corrected chi connectivity index (χ2v) is 7.18. The SMILES string of the molecule is Cc1csc(C(C)CNC(=O)N2CCC(c3cnn(C)c3)C2)n1. The van der Waals surface area contributed by atoms with Crippen LogP contribution in [0.15, 0.2) is 17.8 Å². The molecule has 3 heterocycles. The lowest BCUT2D eigenvalue weighted by atomic mass is 10.0. The average molecular weight is 333 g/mol. The summed E-state index contributed by atoms with van der Waals surface area (Å²) >= 11 is 1.66. The predicted octanol–water partition coefficient (Wildman–Crippen LogP) is 2.49. The minimum absolute atomic E-state index is 0.0246. The molecule has 23 heavy (non-hydrogen) atoms. The van der Waals surface area contributed by atoms with E-state index in [9.17, 15) is 4.79 Å². The first-order chi connectivity index (χ1) is 11.0. The van der Waals surface area contributed by atoms with E-state index in [1.165, 1.54) is 5.56 Å². The number of carbonyl (C=O) groups excluding carboxylic acids is 1. The van der Waals surface area contributed by atoms with Gasteiger partial charge >= 0.3 is 6.03 Å². The fourth-order valence-corrected chi connectivity index (χ4v) is 3.76. The maximum atomic E-state index is 12.3. The molecular weight excluding hydrogens is 310 g/mol. The Kier molecular flexibility index (Phi) is 4.66. The first-order valence-electron chi connectivity index (χ1n) is 7.96. The van der Waals surface area contributed by atoms with E-state index in [1.807, 2.05) is 41.3 Å². The number of likely N-dealkylation sites (tertiary alicyclic amines) is 1. The van der Waals surface area contributed by atoms with Gasteiger partial charge in [-0.2, -0.15) is 5.10 Å². The van der Waals surface area contributed by atoms with Crippen LogP contribution in [-0.4, -0.2) is 45.3 Å². The van der Waals surface area contributed by atoms with Gasteiger partial charge < -0.3 is 10.2 Å². The normalized spacial score (nSPS) is 19.1. The molecule has 2 aromatic rings. The fraction of sp³-hybridized carbons (Fsp3) is 0.562. The number of thiazole rings is 1. The summed E-state index contributed by atoms with van der Waals surface area (Å²) in [6.07, 6.45) is 4.94. The molecule has 1 aliphatic heterocycles. The minimum Gasteiger partial charge on any atom is -0.337 e. The van der Waals surface area contributed by atoms with Crippen LogP contribution < -0.4 is 5.32 Å². The van der Waals surface area contributed by atoms with Crippen LogP contribution in [0.3, 0.4) is 0 Å². The minimum atomic E-state index is 0.0246. The van der Waals surface area contributed by atoms with Gasteiger partial charge in [0.15, 0.2) is 0 Å². The van der Waals surface area contributed by atoms with Gasteiger partial charge in [-0.3, -0.25) is 4.68 Å². The standard InChI is InChI=1S/C16H23N5OS/c1-11(15-19-12(2)10-23-15)6-17-16(22)21-5-4-13(9-21)14-7-18-20(3)8-14/h7-8,10-11,13H,4-6,9H2,1-3H3,(H,17,22). The second kappa shape index (κ2) is 6.70. The molecule has 0 saturated carbocycles. The maximum Gasteiger partial charge on any atom is 0.317 e. The Balaban J connectivity index is 1.49. The first kappa shape index (κ1) is 16.0. The Morgan fingerprint density at radius 1 is 1.57 bits per heavy atom. The van der Waals surface area contributed by atoms with Crippen molar-refractivity contribution in [2.24, 2.45) is 7.05 Å². The molecule has 7 heteroatoms. The van der Waals surface area contributed by atoms with Gasteiger partial charge in [-0.1, -0.05) is 6.92 Å². The maximum absolute atomic E-state index is 12.3. The van der Waals surface area contributed by atoms with Gasteiger partial charge in [-0.05, 0) is 18.9 Å². The summed E-state index contributed by atoms with van der Waals surface area (Å²) in [7, 11) is 1.92. The summed E-state index contributed by atoms with van der Waals surface area (Å²) in [5.41, 5.74) is 2.26. The zero-order valence-electron chi connectivity index (χ0n) is 13.8. The summed E-state index contributed by atoms with van der Waals surface area (Å²) in [4.78, 5) is 18.7. The largest absolute Gasteiger partial charge is 0.337 e. The van der Waals surface area contributed by atoms with Gasteiger partial charge in [-0.25, -0.2) is 9.78 Å². The molecule has 1 fully saturated rings. The Morgan fingerprint density at radius 3 is 3.04 bits per heavy atom. The van der Waals surface area contributed by atoms with Crippen molar-refractivity contribution in [3.63, 3.8) is 0 Å².